The second-order valence-electron chi connectivity index (χ2n) is 6.84. The normalized spacial score (nSPS) is 19.7. The molecule has 0 saturated heterocycles. The lowest BCUT2D eigenvalue weighted by Crippen LogP contribution is -2.29. The van der Waals surface area contributed by atoms with Gasteiger partial charge in [0.05, 0.1) is 5.69 Å². The van der Waals surface area contributed by atoms with E-state index in [0.717, 1.165) is 14.6 Å². The van der Waals surface area contributed by atoms with Crippen molar-refractivity contribution in [2.45, 2.75) is 33.7 Å². The minimum Gasteiger partial charge on any atom is -0.397 e. The zero-order valence-corrected chi connectivity index (χ0v) is 15.0. The third-order valence-electron chi connectivity index (χ3n) is 5.19. The molecule has 3 rings (SSSR count). The van der Waals surface area contributed by atoms with Gasteiger partial charge >= 0.3 is 0 Å². The van der Waals surface area contributed by atoms with Gasteiger partial charge in [-0.2, -0.15) is 0 Å². The van der Waals surface area contributed by atoms with E-state index in [9.17, 15) is 4.79 Å². The summed E-state index contributed by atoms with van der Waals surface area (Å²) < 4.78 is 2.02. The van der Waals surface area contributed by atoms with Crippen LogP contribution in [0.3, 0.4) is 0 Å². The Bertz CT molecular complexity index is 734. The molecule has 3 nitrogen and oxygen atoms in total. The molecule has 1 aromatic carbocycles. The number of nitrogens with two attached hydrogens (primary N) is 1. The number of hydrogen-bond acceptors (Lipinski definition) is 3. The average Bonchev–Trinajstić information content (AvgIpc) is 2.69. The molecule has 1 fully saturated rings. The van der Waals surface area contributed by atoms with E-state index < -0.39 is 0 Å². The first-order chi connectivity index (χ1) is 9.66. The van der Waals surface area contributed by atoms with Crippen LogP contribution >= 0.6 is 27.3 Å². The van der Waals surface area contributed by atoms with E-state index in [4.69, 9.17) is 5.73 Å². The molecule has 1 aromatic heterocycles. The van der Waals surface area contributed by atoms with Crippen LogP contribution in [0.1, 0.15) is 37.4 Å². The summed E-state index contributed by atoms with van der Waals surface area (Å²) in [6.45, 7) is 8.74. The standard InChI is InChI=1S/C16H19BrN2OS/c1-15(2)14(16(15,3)4)19-13(20)12-11(18)9-6-5-8(17)7-10(9)21-12/h5-7,14H,18H2,1-4H3,(H,19,20). The predicted molar refractivity (Wildman–Crippen MR) is 92.8 cm³/mol. The molecule has 0 aliphatic heterocycles. The van der Waals surface area contributed by atoms with E-state index in [1.165, 1.54) is 11.3 Å². The van der Waals surface area contributed by atoms with Crippen molar-refractivity contribution in [3.8, 4) is 0 Å². The second-order valence-corrected chi connectivity index (χ2v) is 8.80. The highest BCUT2D eigenvalue weighted by Gasteiger charge is 2.65. The van der Waals surface area contributed by atoms with Crippen molar-refractivity contribution in [3.05, 3.63) is 27.5 Å². The molecule has 1 heterocycles. The number of amides is 1. The fourth-order valence-corrected chi connectivity index (χ4v) is 4.59. The Morgan fingerprint density at radius 2 is 1.90 bits per heavy atom. The summed E-state index contributed by atoms with van der Waals surface area (Å²) in [5.74, 6) is -0.0616. The van der Waals surface area contributed by atoms with Crippen LogP contribution in [0, 0.1) is 10.8 Å². The van der Waals surface area contributed by atoms with Crippen molar-refractivity contribution >= 4 is 48.9 Å². The lowest BCUT2D eigenvalue weighted by molar-refractivity contribution is 0.0948. The first kappa shape index (κ1) is 14.9. The van der Waals surface area contributed by atoms with E-state index >= 15 is 0 Å². The molecule has 0 atom stereocenters. The topological polar surface area (TPSA) is 55.1 Å². The Hall–Kier alpha value is -1.07. The highest BCUT2D eigenvalue weighted by molar-refractivity contribution is 9.10. The SMILES string of the molecule is CC1(C)C(NC(=O)c2sc3cc(Br)ccc3c2N)C1(C)C. The number of anilines is 1. The predicted octanol–water partition coefficient (Wildman–Crippen LogP) is 4.41. The first-order valence-corrected chi connectivity index (χ1v) is 8.55. The third kappa shape index (κ3) is 2.09. The van der Waals surface area contributed by atoms with Crippen molar-refractivity contribution in [1.29, 1.82) is 0 Å². The maximum Gasteiger partial charge on any atom is 0.263 e. The summed E-state index contributed by atoms with van der Waals surface area (Å²) in [4.78, 5) is 13.2. The number of benzene rings is 1. The van der Waals surface area contributed by atoms with E-state index in [2.05, 4.69) is 48.9 Å². The van der Waals surface area contributed by atoms with E-state index in [1.54, 1.807) is 0 Å². The molecule has 5 heteroatoms. The average molecular weight is 367 g/mol. The molecule has 0 unspecified atom stereocenters. The zero-order chi connectivity index (χ0) is 15.6. The van der Waals surface area contributed by atoms with Gasteiger partial charge in [0.2, 0.25) is 0 Å². The van der Waals surface area contributed by atoms with Gasteiger partial charge in [0.15, 0.2) is 0 Å². The molecular weight excluding hydrogens is 348 g/mol. The monoisotopic (exact) mass is 366 g/mol. The van der Waals surface area contributed by atoms with Crippen LogP contribution in [0.5, 0.6) is 0 Å². The molecule has 21 heavy (non-hydrogen) atoms. The zero-order valence-electron chi connectivity index (χ0n) is 12.6. The molecule has 0 bridgehead atoms. The van der Waals surface area contributed by atoms with Crippen LogP contribution in [-0.2, 0) is 0 Å². The fraction of sp³-hybridized carbons (Fsp3) is 0.438. The summed E-state index contributed by atoms with van der Waals surface area (Å²) in [6.07, 6.45) is 0. The molecule has 2 aromatic rings. The van der Waals surface area contributed by atoms with Crippen molar-refractivity contribution < 1.29 is 4.79 Å². The maximum absolute atomic E-state index is 12.6. The Morgan fingerprint density at radius 3 is 2.48 bits per heavy atom. The van der Waals surface area contributed by atoms with Crippen LogP contribution in [0.25, 0.3) is 10.1 Å². The molecule has 1 aliphatic rings. The molecule has 3 N–H and O–H groups in total. The van der Waals surface area contributed by atoms with Crippen LogP contribution < -0.4 is 11.1 Å². The quantitative estimate of drug-likeness (QED) is 0.826. The Labute approximate surface area is 137 Å². The third-order valence-corrected chi connectivity index (χ3v) is 6.85. The van der Waals surface area contributed by atoms with Gasteiger partial charge in [0.25, 0.3) is 5.91 Å². The summed E-state index contributed by atoms with van der Waals surface area (Å²) in [7, 11) is 0. The first-order valence-electron chi connectivity index (χ1n) is 6.94. The lowest BCUT2D eigenvalue weighted by Gasteiger charge is -2.06. The van der Waals surface area contributed by atoms with Gasteiger partial charge in [0.1, 0.15) is 4.88 Å². The number of rotatable bonds is 2. The number of hydrogen-bond donors (Lipinski definition) is 2. The number of carbonyl (C=O) groups excluding carboxylic acids is 1. The summed E-state index contributed by atoms with van der Waals surface area (Å²) in [5, 5.41) is 4.09. The van der Waals surface area contributed by atoms with Crippen LogP contribution in [0.15, 0.2) is 22.7 Å². The molecular formula is C16H19BrN2OS. The van der Waals surface area contributed by atoms with Gasteiger partial charge in [-0.25, -0.2) is 0 Å². The molecule has 1 amide bonds. The number of carbonyl (C=O) groups is 1. The Morgan fingerprint density at radius 1 is 1.29 bits per heavy atom. The van der Waals surface area contributed by atoms with E-state index in [0.29, 0.717) is 10.6 Å². The summed E-state index contributed by atoms with van der Waals surface area (Å²) in [6, 6.07) is 6.08. The highest BCUT2D eigenvalue weighted by Crippen LogP contribution is 2.62. The second kappa shape index (κ2) is 4.46. The maximum atomic E-state index is 12.6. The molecule has 112 valence electrons. The van der Waals surface area contributed by atoms with Gasteiger partial charge in [-0.3, -0.25) is 4.79 Å². The number of nitrogens with one attached hydrogen (secondary N) is 1. The Balaban J connectivity index is 1.91. The number of nitrogen functional groups attached to an aromatic ring is 1. The Kier molecular flexibility index (Phi) is 3.16. The van der Waals surface area contributed by atoms with Gasteiger partial charge < -0.3 is 11.1 Å². The number of halogens is 1. The minimum atomic E-state index is -0.0616. The fourth-order valence-electron chi connectivity index (χ4n) is 3.01. The van der Waals surface area contributed by atoms with Crippen LogP contribution in [-0.4, -0.2) is 11.9 Å². The largest absolute Gasteiger partial charge is 0.397 e. The van der Waals surface area contributed by atoms with Gasteiger partial charge in [-0.1, -0.05) is 49.7 Å². The van der Waals surface area contributed by atoms with Crippen molar-refractivity contribution in [2.75, 3.05) is 5.73 Å². The van der Waals surface area contributed by atoms with Crippen molar-refractivity contribution in [1.82, 2.24) is 5.32 Å². The molecule has 0 radical (unpaired) electrons. The smallest absolute Gasteiger partial charge is 0.263 e. The van der Waals surface area contributed by atoms with Crippen LogP contribution in [0.4, 0.5) is 5.69 Å². The lowest BCUT2D eigenvalue weighted by atomic mass is 10.0. The van der Waals surface area contributed by atoms with Gasteiger partial charge in [-0.05, 0) is 23.0 Å². The molecule has 1 saturated carbocycles. The van der Waals surface area contributed by atoms with Crippen molar-refractivity contribution in [2.24, 2.45) is 10.8 Å². The van der Waals surface area contributed by atoms with Gasteiger partial charge in [-0.15, -0.1) is 11.3 Å². The van der Waals surface area contributed by atoms with E-state index in [-0.39, 0.29) is 22.8 Å². The van der Waals surface area contributed by atoms with Crippen LogP contribution in [0.2, 0.25) is 0 Å². The minimum absolute atomic E-state index is 0.0616. The molecule has 0 spiro atoms. The summed E-state index contributed by atoms with van der Waals surface area (Å²) >= 11 is 4.90. The van der Waals surface area contributed by atoms with Gasteiger partial charge in [0, 0.05) is 20.6 Å². The number of fused-ring (bicyclic) bond motifs is 1. The van der Waals surface area contributed by atoms with Crippen molar-refractivity contribution in [3.63, 3.8) is 0 Å². The highest BCUT2D eigenvalue weighted by atomic mass is 79.9. The molecule has 1 aliphatic carbocycles. The summed E-state index contributed by atoms with van der Waals surface area (Å²) in [5.41, 5.74) is 6.98. The van der Waals surface area contributed by atoms with E-state index in [1.807, 2.05) is 18.2 Å². The number of thiophene rings is 1.